The van der Waals surface area contributed by atoms with Crippen LogP contribution in [0.4, 0.5) is 0 Å². The fourth-order valence-corrected chi connectivity index (χ4v) is 2.31. The zero-order chi connectivity index (χ0) is 14.4. The van der Waals surface area contributed by atoms with Crippen molar-refractivity contribution in [3.63, 3.8) is 0 Å². The van der Waals surface area contributed by atoms with Crippen LogP contribution in [0.3, 0.4) is 0 Å². The van der Waals surface area contributed by atoms with E-state index in [4.69, 9.17) is 9.47 Å². The quantitative estimate of drug-likeness (QED) is 0.563. The lowest BCUT2D eigenvalue weighted by Crippen LogP contribution is -2.29. The van der Waals surface area contributed by atoms with Crippen LogP contribution >= 0.6 is 0 Å². The Morgan fingerprint density at radius 1 is 1.30 bits per heavy atom. The number of benzene rings is 1. The highest BCUT2D eigenvalue weighted by Gasteiger charge is 2.61. The number of esters is 1. The first-order valence-corrected chi connectivity index (χ1v) is 7.31. The smallest absolute Gasteiger partial charge is 0.341 e. The summed E-state index contributed by atoms with van der Waals surface area (Å²) in [4.78, 5) is 12.1. The number of rotatable bonds is 7. The molecule has 1 aliphatic rings. The SMILES string of the molecule is CCCOC(=O)C1(CCC)OC1C=Cc1ccccc1. The third-order valence-electron chi connectivity index (χ3n) is 3.41. The van der Waals surface area contributed by atoms with Gasteiger partial charge in [-0.1, -0.05) is 62.8 Å². The summed E-state index contributed by atoms with van der Waals surface area (Å²) in [5.74, 6) is -0.219. The van der Waals surface area contributed by atoms with Crippen LogP contribution in [0.25, 0.3) is 6.08 Å². The number of epoxide rings is 1. The lowest BCUT2D eigenvalue weighted by molar-refractivity contribution is -0.150. The van der Waals surface area contributed by atoms with E-state index in [1.165, 1.54) is 0 Å². The lowest BCUT2D eigenvalue weighted by Gasteiger charge is -2.10. The second-order valence-electron chi connectivity index (χ2n) is 5.08. The van der Waals surface area contributed by atoms with Gasteiger partial charge in [0.2, 0.25) is 0 Å². The molecule has 0 bridgehead atoms. The first-order chi connectivity index (χ1) is 9.73. The average Bonchev–Trinajstić information content (AvgIpc) is 3.18. The molecule has 1 aliphatic heterocycles. The lowest BCUT2D eigenvalue weighted by atomic mass is 9.99. The monoisotopic (exact) mass is 274 g/mol. The van der Waals surface area contributed by atoms with E-state index in [1.807, 2.05) is 49.4 Å². The van der Waals surface area contributed by atoms with Crippen LogP contribution in [0.2, 0.25) is 0 Å². The van der Waals surface area contributed by atoms with Crippen molar-refractivity contribution in [2.75, 3.05) is 6.61 Å². The molecule has 20 heavy (non-hydrogen) atoms. The number of carbonyl (C=O) groups is 1. The second-order valence-corrected chi connectivity index (χ2v) is 5.08. The Morgan fingerprint density at radius 3 is 2.70 bits per heavy atom. The van der Waals surface area contributed by atoms with Crippen LogP contribution in [0.5, 0.6) is 0 Å². The Kier molecular flexibility index (Phi) is 4.96. The number of ether oxygens (including phenoxy) is 2. The maximum atomic E-state index is 12.1. The molecule has 1 fully saturated rings. The largest absolute Gasteiger partial charge is 0.463 e. The van der Waals surface area contributed by atoms with E-state index in [0.717, 1.165) is 18.4 Å². The van der Waals surface area contributed by atoms with Crippen molar-refractivity contribution >= 4 is 12.0 Å². The molecule has 1 saturated heterocycles. The highest BCUT2D eigenvalue weighted by Crippen LogP contribution is 2.43. The van der Waals surface area contributed by atoms with E-state index in [1.54, 1.807) is 0 Å². The van der Waals surface area contributed by atoms with Gasteiger partial charge in [-0.2, -0.15) is 0 Å². The Balaban J connectivity index is 1.99. The molecule has 1 aromatic carbocycles. The molecule has 2 rings (SSSR count). The fraction of sp³-hybridized carbons (Fsp3) is 0.471. The van der Waals surface area contributed by atoms with Gasteiger partial charge in [0.05, 0.1) is 6.61 Å². The molecular formula is C17H22O3. The number of carbonyl (C=O) groups excluding carboxylic acids is 1. The molecule has 0 spiro atoms. The molecule has 0 aliphatic carbocycles. The van der Waals surface area contributed by atoms with Crippen LogP contribution in [0, 0.1) is 0 Å². The van der Waals surface area contributed by atoms with Gasteiger partial charge in [0.1, 0.15) is 6.10 Å². The summed E-state index contributed by atoms with van der Waals surface area (Å²) in [5.41, 5.74) is 0.366. The molecule has 0 aromatic heterocycles. The minimum atomic E-state index is -0.741. The normalized spacial score (nSPS) is 24.8. The Labute approximate surface area is 120 Å². The van der Waals surface area contributed by atoms with E-state index in [-0.39, 0.29) is 12.1 Å². The summed E-state index contributed by atoms with van der Waals surface area (Å²) in [5, 5.41) is 0. The van der Waals surface area contributed by atoms with Crippen LogP contribution in [0.15, 0.2) is 36.4 Å². The molecule has 1 heterocycles. The van der Waals surface area contributed by atoms with Gasteiger partial charge < -0.3 is 9.47 Å². The summed E-state index contributed by atoms with van der Waals surface area (Å²) in [7, 11) is 0. The molecular weight excluding hydrogens is 252 g/mol. The summed E-state index contributed by atoms with van der Waals surface area (Å²) < 4.78 is 10.9. The zero-order valence-electron chi connectivity index (χ0n) is 12.2. The van der Waals surface area contributed by atoms with Crippen molar-refractivity contribution in [3.05, 3.63) is 42.0 Å². The molecule has 0 N–H and O–H groups in total. The fourth-order valence-electron chi connectivity index (χ4n) is 2.31. The zero-order valence-corrected chi connectivity index (χ0v) is 12.2. The van der Waals surface area contributed by atoms with Crippen molar-refractivity contribution in [3.8, 4) is 0 Å². The molecule has 108 valence electrons. The van der Waals surface area contributed by atoms with Crippen LogP contribution < -0.4 is 0 Å². The van der Waals surface area contributed by atoms with Crippen molar-refractivity contribution in [1.29, 1.82) is 0 Å². The molecule has 0 amide bonds. The standard InChI is InChI=1S/C17H22O3/c1-3-12-17(16(18)19-13-4-2)15(20-17)11-10-14-8-6-5-7-9-14/h5-11,15H,3-4,12-13H2,1-2H3. The predicted octanol–water partition coefficient (Wildman–Crippen LogP) is 3.59. The van der Waals surface area contributed by atoms with E-state index in [2.05, 4.69) is 6.92 Å². The average molecular weight is 274 g/mol. The summed E-state index contributed by atoms with van der Waals surface area (Å²) in [6.45, 7) is 4.50. The first kappa shape index (κ1) is 14.8. The van der Waals surface area contributed by atoms with Gasteiger partial charge in [0.15, 0.2) is 5.60 Å². The summed E-state index contributed by atoms with van der Waals surface area (Å²) >= 11 is 0. The van der Waals surface area contributed by atoms with Gasteiger partial charge in [-0.3, -0.25) is 0 Å². The first-order valence-electron chi connectivity index (χ1n) is 7.31. The predicted molar refractivity (Wildman–Crippen MR) is 79.2 cm³/mol. The van der Waals surface area contributed by atoms with E-state index < -0.39 is 5.60 Å². The Bertz CT molecular complexity index is 466. The van der Waals surface area contributed by atoms with Gasteiger partial charge in [-0.25, -0.2) is 4.79 Å². The van der Waals surface area contributed by atoms with Gasteiger partial charge in [0, 0.05) is 0 Å². The third-order valence-corrected chi connectivity index (χ3v) is 3.41. The van der Waals surface area contributed by atoms with Gasteiger partial charge in [-0.15, -0.1) is 0 Å². The van der Waals surface area contributed by atoms with E-state index in [0.29, 0.717) is 13.0 Å². The minimum Gasteiger partial charge on any atom is -0.463 e. The maximum Gasteiger partial charge on any atom is 0.341 e. The number of hydrogen-bond donors (Lipinski definition) is 0. The van der Waals surface area contributed by atoms with Crippen LogP contribution in [-0.4, -0.2) is 24.3 Å². The van der Waals surface area contributed by atoms with Crippen molar-refractivity contribution in [2.24, 2.45) is 0 Å². The highest BCUT2D eigenvalue weighted by molar-refractivity contribution is 5.84. The molecule has 1 aromatic rings. The highest BCUT2D eigenvalue weighted by atomic mass is 16.7. The molecule has 0 radical (unpaired) electrons. The maximum absolute atomic E-state index is 12.1. The van der Waals surface area contributed by atoms with E-state index in [9.17, 15) is 4.79 Å². The summed E-state index contributed by atoms with van der Waals surface area (Å²) in [6, 6.07) is 10.0. The summed E-state index contributed by atoms with van der Waals surface area (Å²) in [6.07, 6.45) is 6.23. The van der Waals surface area contributed by atoms with Gasteiger partial charge in [0.25, 0.3) is 0 Å². The van der Waals surface area contributed by atoms with Crippen molar-refractivity contribution in [1.82, 2.24) is 0 Å². The van der Waals surface area contributed by atoms with Crippen LogP contribution in [0.1, 0.15) is 38.7 Å². The second kappa shape index (κ2) is 6.71. The Morgan fingerprint density at radius 2 is 2.05 bits per heavy atom. The number of hydrogen-bond acceptors (Lipinski definition) is 3. The minimum absolute atomic E-state index is 0.160. The molecule has 0 saturated carbocycles. The van der Waals surface area contributed by atoms with E-state index >= 15 is 0 Å². The van der Waals surface area contributed by atoms with Gasteiger partial charge in [-0.05, 0) is 18.4 Å². The Hall–Kier alpha value is -1.61. The molecule has 2 unspecified atom stereocenters. The molecule has 2 atom stereocenters. The molecule has 3 nitrogen and oxygen atoms in total. The molecule has 3 heteroatoms. The third kappa shape index (κ3) is 3.28. The van der Waals surface area contributed by atoms with Crippen LogP contribution in [-0.2, 0) is 14.3 Å². The van der Waals surface area contributed by atoms with Crippen molar-refractivity contribution in [2.45, 2.75) is 44.8 Å². The van der Waals surface area contributed by atoms with Gasteiger partial charge >= 0.3 is 5.97 Å². The van der Waals surface area contributed by atoms with Crippen molar-refractivity contribution < 1.29 is 14.3 Å². The topological polar surface area (TPSA) is 38.8 Å².